The highest BCUT2D eigenvalue weighted by Crippen LogP contribution is 2.37. The maximum Gasteiger partial charge on any atom is 0.276 e. The number of aryl methyl sites for hydroxylation is 1. The maximum absolute atomic E-state index is 13.2. The van der Waals surface area contributed by atoms with Crippen molar-refractivity contribution < 1.29 is 19.4 Å². The van der Waals surface area contributed by atoms with Crippen molar-refractivity contribution in [2.75, 3.05) is 39.4 Å². The van der Waals surface area contributed by atoms with E-state index >= 15 is 0 Å². The first-order valence-corrected chi connectivity index (χ1v) is 11.3. The van der Waals surface area contributed by atoms with E-state index in [2.05, 4.69) is 10.3 Å². The highest BCUT2D eigenvalue weighted by molar-refractivity contribution is 5.97. The summed E-state index contributed by atoms with van der Waals surface area (Å²) in [6.07, 6.45) is 5.78. The predicted molar refractivity (Wildman–Crippen MR) is 117 cm³/mol. The molecule has 4 heterocycles. The molecule has 1 fully saturated rings. The van der Waals surface area contributed by atoms with Crippen molar-refractivity contribution in [3.8, 4) is 5.75 Å². The fourth-order valence-electron chi connectivity index (χ4n) is 4.60. The second kappa shape index (κ2) is 9.68. The number of fused-ring (bicyclic) bond motifs is 9. The van der Waals surface area contributed by atoms with Crippen LogP contribution in [0.15, 0.2) is 30.5 Å². The molecule has 0 atom stereocenters. The lowest BCUT2D eigenvalue weighted by Crippen LogP contribution is -2.44. The van der Waals surface area contributed by atoms with Crippen LogP contribution in [-0.4, -0.2) is 81.1 Å². The number of nitrogens with zero attached hydrogens (tertiary/aromatic N) is 5. The molecule has 2 bridgehead atoms. The number of para-hydroxylation sites is 1. The van der Waals surface area contributed by atoms with Gasteiger partial charge in [0, 0.05) is 33.3 Å². The minimum atomic E-state index is -0.181. The summed E-state index contributed by atoms with van der Waals surface area (Å²) in [4.78, 5) is 29.8. The van der Waals surface area contributed by atoms with Gasteiger partial charge in [-0.15, -0.1) is 5.10 Å². The van der Waals surface area contributed by atoms with Gasteiger partial charge in [0.1, 0.15) is 12.4 Å². The molecule has 5 rings (SSSR count). The van der Waals surface area contributed by atoms with E-state index in [-0.39, 0.29) is 30.4 Å². The van der Waals surface area contributed by atoms with Crippen molar-refractivity contribution in [1.29, 1.82) is 0 Å². The largest absolute Gasteiger partial charge is 0.491 e. The number of aliphatic hydroxyl groups excluding tert-OH is 1. The van der Waals surface area contributed by atoms with Crippen LogP contribution in [0.2, 0.25) is 0 Å². The van der Waals surface area contributed by atoms with E-state index in [9.17, 15) is 14.7 Å². The number of hydrogen-bond acceptors (Lipinski definition) is 6. The molecule has 1 saturated heterocycles. The van der Waals surface area contributed by atoms with Crippen molar-refractivity contribution in [1.82, 2.24) is 24.8 Å². The Morgan fingerprint density at radius 2 is 1.91 bits per heavy atom. The zero-order chi connectivity index (χ0) is 22.6. The van der Waals surface area contributed by atoms with Gasteiger partial charge >= 0.3 is 0 Å². The number of amides is 2. The number of piperidine rings is 1. The molecule has 172 valence electrons. The molecule has 0 radical (unpaired) electrons. The van der Waals surface area contributed by atoms with E-state index in [1.54, 1.807) is 30.3 Å². The Balaban J connectivity index is 1.57. The van der Waals surface area contributed by atoms with Crippen LogP contribution in [0.4, 0.5) is 0 Å². The van der Waals surface area contributed by atoms with Gasteiger partial charge in [0.2, 0.25) is 0 Å². The first kappa shape index (κ1) is 22.3. The number of rotatable bonds is 2. The first-order chi connectivity index (χ1) is 15.5. The fraction of sp³-hybridized carbons (Fsp3) is 0.565. The summed E-state index contributed by atoms with van der Waals surface area (Å²) in [5.74, 6) is 0.298. The quantitative estimate of drug-likeness (QED) is 0.762. The second-order valence-corrected chi connectivity index (χ2v) is 8.82. The van der Waals surface area contributed by atoms with Gasteiger partial charge in [-0.3, -0.25) is 14.3 Å². The molecule has 3 aliphatic rings. The lowest BCUT2D eigenvalue weighted by Gasteiger charge is -2.41. The topological polar surface area (TPSA) is 101 Å². The molecule has 0 unspecified atom stereocenters. The van der Waals surface area contributed by atoms with Gasteiger partial charge in [-0.2, -0.15) is 0 Å². The summed E-state index contributed by atoms with van der Waals surface area (Å²) in [7, 11) is 1.73. The van der Waals surface area contributed by atoms with Crippen LogP contribution >= 0.6 is 0 Å². The molecule has 9 nitrogen and oxygen atoms in total. The van der Waals surface area contributed by atoms with Gasteiger partial charge in [-0.05, 0) is 43.2 Å². The van der Waals surface area contributed by atoms with Gasteiger partial charge in [-0.25, -0.2) is 0 Å². The molecular weight excluding hydrogens is 410 g/mol. The Bertz CT molecular complexity index is 951. The molecule has 1 aromatic carbocycles. The van der Waals surface area contributed by atoms with Gasteiger partial charge in [0.25, 0.3) is 11.8 Å². The van der Waals surface area contributed by atoms with Crippen molar-refractivity contribution >= 4 is 11.8 Å². The number of aromatic nitrogens is 3. The lowest BCUT2D eigenvalue weighted by atomic mass is 9.75. The van der Waals surface area contributed by atoms with E-state index in [0.29, 0.717) is 43.2 Å². The monoisotopic (exact) mass is 441 g/mol. The van der Waals surface area contributed by atoms with E-state index in [0.717, 1.165) is 32.1 Å². The molecular formula is C23H31N5O4. The van der Waals surface area contributed by atoms with E-state index in [1.165, 1.54) is 4.68 Å². The smallest absolute Gasteiger partial charge is 0.276 e. The summed E-state index contributed by atoms with van der Waals surface area (Å²) in [6, 6.07) is 7.25. The Hall–Kier alpha value is -2.94. The lowest BCUT2D eigenvalue weighted by molar-refractivity contribution is 0.0297. The summed E-state index contributed by atoms with van der Waals surface area (Å²) in [5.41, 5.74) is 0.678. The maximum atomic E-state index is 13.2. The molecule has 0 spiro atoms. The molecule has 0 aliphatic carbocycles. The number of ether oxygens (including phenoxy) is 1. The van der Waals surface area contributed by atoms with Crippen LogP contribution < -0.4 is 4.74 Å². The van der Waals surface area contributed by atoms with Crippen LogP contribution in [0.1, 0.15) is 53.0 Å². The van der Waals surface area contributed by atoms with E-state index in [4.69, 9.17) is 4.74 Å². The fourth-order valence-corrected chi connectivity index (χ4v) is 4.60. The average molecular weight is 442 g/mol. The number of hydrogen-bond donors (Lipinski definition) is 1. The van der Waals surface area contributed by atoms with Gasteiger partial charge in [-0.1, -0.05) is 23.8 Å². The van der Waals surface area contributed by atoms with Crippen LogP contribution in [0.25, 0.3) is 0 Å². The Labute approximate surface area is 187 Å². The Morgan fingerprint density at radius 3 is 2.62 bits per heavy atom. The SMILES string of the molecule is Cn1cc(C(=O)N2CCCCC3(CO)CCN(CC3)C(=O)c3ccccc3OCC2)nn1. The standard InChI is InChI=1S/C23H31N5O4/c1-26-16-19(24-25-26)22(31)27-11-5-4-8-23(17-29)9-12-28(13-10-23)21(30)18-6-2-3-7-20(18)32-15-14-27/h2-3,6-7,16,29H,4-5,8-15,17H2,1H3. The molecule has 2 aromatic rings. The highest BCUT2D eigenvalue weighted by Gasteiger charge is 2.36. The van der Waals surface area contributed by atoms with E-state index < -0.39 is 0 Å². The van der Waals surface area contributed by atoms with Crippen LogP contribution in [0.3, 0.4) is 0 Å². The molecule has 3 aliphatic heterocycles. The Morgan fingerprint density at radius 1 is 1.12 bits per heavy atom. The molecule has 2 amide bonds. The van der Waals surface area contributed by atoms with Gasteiger partial charge in [0.05, 0.1) is 18.3 Å². The van der Waals surface area contributed by atoms with Gasteiger partial charge < -0.3 is 19.6 Å². The minimum Gasteiger partial charge on any atom is -0.491 e. The number of carbonyl (C=O) groups is 2. The molecule has 1 aromatic heterocycles. The third-order valence-electron chi connectivity index (χ3n) is 6.68. The average Bonchev–Trinajstić information content (AvgIpc) is 3.26. The van der Waals surface area contributed by atoms with Crippen molar-refractivity contribution in [2.24, 2.45) is 12.5 Å². The second-order valence-electron chi connectivity index (χ2n) is 8.82. The molecule has 32 heavy (non-hydrogen) atoms. The van der Waals surface area contributed by atoms with Crippen LogP contribution in [0.5, 0.6) is 5.75 Å². The number of carbonyl (C=O) groups excluding carboxylic acids is 2. The summed E-state index contributed by atoms with van der Waals surface area (Å²) >= 11 is 0. The minimum absolute atomic E-state index is 0.0468. The van der Waals surface area contributed by atoms with Crippen LogP contribution in [-0.2, 0) is 7.05 Å². The number of aliphatic hydroxyl groups is 1. The van der Waals surface area contributed by atoms with Crippen molar-refractivity contribution in [2.45, 2.75) is 32.1 Å². The zero-order valence-corrected chi connectivity index (χ0v) is 18.6. The number of benzene rings is 1. The molecule has 0 saturated carbocycles. The summed E-state index contributed by atoms with van der Waals surface area (Å²) in [6.45, 7) is 2.61. The molecule has 9 heteroatoms. The third kappa shape index (κ3) is 4.77. The zero-order valence-electron chi connectivity index (χ0n) is 18.6. The summed E-state index contributed by atoms with van der Waals surface area (Å²) in [5, 5.41) is 18.0. The first-order valence-electron chi connectivity index (χ1n) is 11.3. The summed E-state index contributed by atoms with van der Waals surface area (Å²) < 4.78 is 7.49. The highest BCUT2D eigenvalue weighted by atomic mass is 16.5. The van der Waals surface area contributed by atoms with Crippen LogP contribution in [0, 0.1) is 5.41 Å². The third-order valence-corrected chi connectivity index (χ3v) is 6.68. The van der Waals surface area contributed by atoms with E-state index in [1.807, 2.05) is 17.0 Å². The normalized spacial score (nSPS) is 19.6. The van der Waals surface area contributed by atoms with Gasteiger partial charge in [0.15, 0.2) is 5.69 Å². The Kier molecular flexibility index (Phi) is 6.74. The van der Waals surface area contributed by atoms with Crippen molar-refractivity contribution in [3.63, 3.8) is 0 Å². The molecule has 1 N–H and O–H groups in total. The predicted octanol–water partition coefficient (Wildman–Crippen LogP) is 1.73. The van der Waals surface area contributed by atoms with Crippen molar-refractivity contribution in [3.05, 3.63) is 41.7 Å².